The smallest absolute Gasteiger partial charge is 0.335 e. The van der Waals surface area contributed by atoms with Crippen molar-refractivity contribution in [3.8, 4) is 11.1 Å². The van der Waals surface area contributed by atoms with Gasteiger partial charge in [-0.25, -0.2) is 9.18 Å². The molecule has 0 bridgehead atoms. The molecule has 0 fully saturated rings. The summed E-state index contributed by atoms with van der Waals surface area (Å²) in [6.07, 6.45) is 0.713. The Bertz CT molecular complexity index is 994. The van der Waals surface area contributed by atoms with E-state index < -0.39 is 5.97 Å². The highest BCUT2D eigenvalue weighted by atomic mass is 35.5. The van der Waals surface area contributed by atoms with Gasteiger partial charge in [-0.15, -0.1) is 24.8 Å². The Morgan fingerprint density at radius 1 is 1.18 bits per heavy atom. The van der Waals surface area contributed by atoms with Crippen LogP contribution in [0.4, 0.5) is 4.39 Å². The Morgan fingerprint density at radius 3 is 2.43 bits per heavy atom. The average Bonchev–Trinajstić information content (AvgIpc) is 2.60. The minimum Gasteiger partial charge on any atom is -0.478 e. The van der Waals surface area contributed by atoms with E-state index in [-0.39, 0.29) is 42.7 Å². The summed E-state index contributed by atoms with van der Waals surface area (Å²) < 4.78 is 14.6. The molecule has 0 aliphatic carbocycles. The molecule has 1 heterocycles. The number of carbonyl (C=O) groups is 1. The van der Waals surface area contributed by atoms with Crippen molar-refractivity contribution in [2.45, 2.75) is 26.8 Å². The lowest BCUT2D eigenvalue weighted by Gasteiger charge is -2.18. The van der Waals surface area contributed by atoms with Gasteiger partial charge in [-0.1, -0.05) is 32.0 Å². The number of halogens is 3. The maximum absolute atomic E-state index is 14.6. The van der Waals surface area contributed by atoms with Crippen molar-refractivity contribution in [2.24, 2.45) is 11.7 Å². The number of nitrogens with zero attached hydrogens (tertiary/aromatic N) is 1. The molecule has 1 aromatic heterocycles. The Kier molecular flexibility index (Phi) is 8.36. The largest absolute Gasteiger partial charge is 0.478 e. The van der Waals surface area contributed by atoms with Gasteiger partial charge in [0.1, 0.15) is 5.82 Å². The van der Waals surface area contributed by atoms with E-state index in [9.17, 15) is 14.3 Å². The fourth-order valence-electron chi connectivity index (χ4n) is 3.23. The Balaban J connectivity index is 0.00000196. The summed E-state index contributed by atoms with van der Waals surface area (Å²) in [7, 11) is 0. The summed E-state index contributed by atoms with van der Waals surface area (Å²) in [6.45, 7) is 4.37. The van der Waals surface area contributed by atoms with Gasteiger partial charge in [0.05, 0.1) is 11.1 Å². The molecule has 28 heavy (non-hydrogen) atoms. The van der Waals surface area contributed by atoms with E-state index >= 15 is 0 Å². The molecule has 0 aliphatic rings. The molecule has 3 N–H and O–H groups in total. The van der Waals surface area contributed by atoms with Gasteiger partial charge in [0, 0.05) is 28.8 Å². The van der Waals surface area contributed by atoms with Crippen LogP contribution in [0.15, 0.2) is 42.5 Å². The molecule has 0 aliphatic heterocycles. The van der Waals surface area contributed by atoms with Crippen LogP contribution in [0.5, 0.6) is 0 Å². The summed E-state index contributed by atoms with van der Waals surface area (Å²) in [6, 6.07) is 11.2. The van der Waals surface area contributed by atoms with Crippen LogP contribution < -0.4 is 5.73 Å². The maximum atomic E-state index is 14.6. The van der Waals surface area contributed by atoms with Crippen molar-refractivity contribution in [1.29, 1.82) is 0 Å². The lowest BCUT2D eigenvalue weighted by Crippen LogP contribution is -2.10. The number of aromatic carboxylic acids is 1. The minimum absolute atomic E-state index is 0. The predicted octanol–water partition coefficient (Wildman–Crippen LogP) is 5.24. The van der Waals surface area contributed by atoms with E-state index in [0.29, 0.717) is 34.4 Å². The zero-order valence-electron chi connectivity index (χ0n) is 15.6. The van der Waals surface area contributed by atoms with Gasteiger partial charge in [0.25, 0.3) is 0 Å². The molecule has 0 atom stereocenters. The van der Waals surface area contributed by atoms with Gasteiger partial charge in [-0.2, -0.15) is 0 Å². The molecular formula is C21H23Cl2FN2O2. The standard InChI is InChI=1S/C21H21FN2O2.2ClH/c1-12(2)9-19-16(11-23)20(14-5-3-4-6-17(14)22)15-10-13(21(25)26)7-8-18(15)24-19;;/h3-8,10,12H,9,11,23H2,1-2H3,(H,25,26);2*1H. The molecule has 150 valence electrons. The minimum atomic E-state index is -1.04. The van der Waals surface area contributed by atoms with Crippen LogP contribution in [0.1, 0.15) is 35.5 Å². The van der Waals surface area contributed by atoms with E-state index in [2.05, 4.69) is 13.8 Å². The van der Waals surface area contributed by atoms with E-state index in [4.69, 9.17) is 10.7 Å². The molecule has 3 aromatic rings. The average molecular weight is 425 g/mol. The molecule has 2 aromatic carbocycles. The first-order chi connectivity index (χ1) is 12.4. The number of nitrogens with two attached hydrogens (primary N) is 1. The second kappa shape index (κ2) is 9.82. The molecule has 0 amide bonds. The number of fused-ring (bicyclic) bond motifs is 1. The molecule has 3 rings (SSSR count). The summed E-state index contributed by atoms with van der Waals surface area (Å²) in [5, 5.41) is 9.94. The fraction of sp³-hybridized carbons (Fsp3) is 0.238. The molecule has 0 saturated heterocycles. The Morgan fingerprint density at radius 2 is 1.86 bits per heavy atom. The molecular weight excluding hydrogens is 402 g/mol. The monoisotopic (exact) mass is 424 g/mol. The summed E-state index contributed by atoms with van der Waals surface area (Å²) >= 11 is 0. The van der Waals surface area contributed by atoms with Crippen molar-refractivity contribution < 1.29 is 14.3 Å². The molecule has 7 heteroatoms. The maximum Gasteiger partial charge on any atom is 0.335 e. The van der Waals surface area contributed by atoms with Crippen LogP contribution in [0.25, 0.3) is 22.0 Å². The van der Waals surface area contributed by atoms with Crippen molar-refractivity contribution in [3.05, 3.63) is 65.1 Å². The lowest BCUT2D eigenvalue weighted by molar-refractivity contribution is 0.0697. The van der Waals surface area contributed by atoms with Crippen molar-refractivity contribution in [3.63, 3.8) is 0 Å². The molecule has 0 radical (unpaired) electrons. The quantitative estimate of drug-likeness (QED) is 0.586. The number of carboxylic acids is 1. The number of pyridine rings is 1. The number of aromatic nitrogens is 1. The van der Waals surface area contributed by atoms with E-state index in [1.807, 2.05) is 0 Å². The third kappa shape index (κ3) is 4.61. The summed E-state index contributed by atoms with van der Waals surface area (Å²) in [5.74, 6) is -1.05. The van der Waals surface area contributed by atoms with Crippen LogP contribution in [0.2, 0.25) is 0 Å². The predicted molar refractivity (Wildman–Crippen MR) is 115 cm³/mol. The molecule has 0 spiro atoms. The first kappa shape index (κ1) is 23.8. The van der Waals surface area contributed by atoms with Crippen molar-refractivity contribution in [1.82, 2.24) is 4.98 Å². The van der Waals surface area contributed by atoms with Gasteiger partial charge in [0.2, 0.25) is 0 Å². The van der Waals surface area contributed by atoms with Crippen LogP contribution >= 0.6 is 24.8 Å². The van der Waals surface area contributed by atoms with Crippen LogP contribution in [0.3, 0.4) is 0 Å². The number of carboxylic acid groups (broad SMARTS) is 1. The lowest BCUT2D eigenvalue weighted by atomic mass is 9.90. The van der Waals surface area contributed by atoms with Gasteiger partial charge in [-0.3, -0.25) is 4.98 Å². The molecule has 0 saturated carbocycles. The van der Waals surface area contributed by atoms with Crippen molar-refractivity contribution >= 4 is 41.7 Å². The first-order valence-corrected chi connectivity index (χ1v) is 8.56. The zero-order valence-corrected chi connectivity index (χ0v) is 17.2. The van der Waals surface area contributed by atoms with E-state index in [0.717, 1.165) is 11.3 Å². The third-order valence-corrected chi connectivity index (χ3v) is 4.37. The second-order valence-corrected chi connectivity index (χ2v) is 6.73. The summed E-state index contributed by atoms with van der Waals surface area (Å²) in [4.78, 5) is 16.1. The highest BCUT2D eigenvalue weighted by Gasteiger charge is 2.19. The van der Waals surface area contributed by atoms with Gasteiger partial charge < -0.3 is 10.8 Å². The normalized spacial score (nSPS) is 10.5. The van der Waals surface area contributed by atoms with Crippen LogP contribution in [0, 0.1) is 11.7 Å². The van der Waals surface area contributed by atoms with Gasteiger partial charge in [-0.05, 0) is 42.2 Å². The number of hydrogen-bond donors (Lipinski definition) is 2. The fourth-order valence-corrected chi connectivity index (χ4v) is 3.23. The summed E-state index contributed by atoms with van der Waals surface area (Å²) in [5.41, 5.74) is 9.44. The Hall–Kier alpha value is -2.21. The first-order valence-electron chi connectivity index (χ1n) is 8.56. The zero-order chi connectivity index (χ0) is 18.8. The van der Waals surface area contributed by atoms with Crippen LogP contribution in [-0.2, 0) is 13.0 Å². The van der Waals surface area contributed by atoms with E-state index in [1.54, 1.807) is 30.3 Å². The van der Waals surface area contributed by atoms with Gasteiger partial charge >= 0.3 is 5.97 Å². The topological polar surface area (TPSA) is 76.2 Å². The highest BCUT2D eigenvalue weighted by Crippen LogP contribution is 2.35. The Labute approximate surface area is 175 Å². The highest BCUT2D eigenvalue weighted by molar-refractivity contribution is 6.01. The third-order valence-electron chi connectivity index (χ3n) is 4.37. The van der Waals surface area contributed by atoms with Gasteiger partial charge in [0.15, 0.2) is 0 Å². The van der Waals surface area contributed by atoms with Crippen LogP contribution in [-0.4, -0.2) is 16.1 Å². The number of benzene rings is 2. The molecule has 4 nitrogen and oxygen atoms in total. The SMILES string of the molecule is CC(C)Cc1nc2ccc(C(=O)O)cc2c(-c2ccccc2F)c1CN.Cl.Cl. The molecule has 0 unspecified atom stereocenters. The number of rotatable bonds is 5. The van der Waals surface area contributed by atoms with Crippen molar-refractivity contribution in [2.75, 3.05) is 0 Å². The number of hydrogen-bond acceptors (Lipinski definition) is 3. The second-order valence-electron chi connectivity index (χ2n) is 6.73. The van der Waals surface area contributed by atoms with E-state index in [1.165, 1.54) is 12.1 Å².